The second kappa shape index (κ2) is 5.85. The molecule has 2 aliphatic rings. The van der Waals surface area contributed by atoms with Gasteiger partial charge in [0, 0.05) is 13.1 Å². The van der Waals surface area contributed by atoms with Crippen LogP contribution in [-0.4, -0.2) is 46.6 Å². The van der Waals surface area contributed by atoms with Crippen molar-refractivity contribution in [1.82, 2.24) is 4.90 Å². The number of nitrogens with one attached hydrogen (secondary N) is 2. The van der Waals surface area contributed by atoms with E-state index in [0.717, 1.165) is 11.4 Å². The Morgan fingerprint density at radius 3 is 2.43 bits per heavy atom. The Morgan fingerprint density at radius 1 is 1.22 bits per heavy atom. The number of fused-ring (bicyclic) bond motifs is 1. The van der Waals surface area contributed by atoms with Gasteiger partial charge in [-0.3, -0.25) is 9.59 Å². The number of aliphatic hydroxyl groups excluding tert-OH is 1. The van der Waals surface area contributed by atoms with Crippen molar-refractivity contribution in [2.45, 2.75) is 38.3 Å². The topological polar surface area (TPSA) is 81.7 Å². The highest BCUT2D eigenvalue weighted by molar-refractivity contribution is 6.06. The van der Waals surface area contributed by atoms with Gasteiger partial charge < -0.3 is 20.6 Å². The van der Waals surface area contributed by atoms with Crippen molar-refractivity contribution in [3.05, 3.63) is 24.3 Å². The van der Waals surface area contributed by atoms with Crippen LogP contribution in [0.2, 0.25) is 0 Å². The van der Waals surface area contributed by atoms with Gasteiger partial charge in [-0.2, -0.15) is 0 Å². The predicted octanol–water partition coefficient (Wildman–Crippen LogP) is 1.43. The Balaban J connectivity index is 1.71. The molecule has 1 aromatic carbocycles. The quantitative estimate of drug-likeness (QED) is 0.771. The average Bonchev–Trinajstić information content (AvgIpc) is 2.55. The van der Waals surface area contributed by atoms with Gasteiger partial charge in [0.25, 0.3) is 5.91 Å². The molecular formula is C17H23N3O3. The molecule has 23 heavy (non-hydrogen) atoms. The number of hydrogen-bond donors (Lipinski definition) is 3. The van der Waals surface area contributed by atoms with Crippen LogP contribution in [0.3, 0.4) is 0 Å². The third-order valence-corrected chi connectivity index (χ3v) is 4.80. The fourth-order valence-electron chi connectivity index (χ4n) is 3.19. The highest BCUT2D eigenvalue weighted by Crippen LogP contribution is 2.36. The molecule has 1 atom stereocenters. The molecular weight excluding hydrogens is 294 g/mol. The van der Waals surface area contributed by atoms with E-state index in [9.17, 15) is 14.7 Å². The number of hydrogen-bond acceptors (Lipinski definition) is 4. The zero-order chi connectivity index (χ0) is 16.6. The van der Waals surface area contributed by atoms with Crippen molar-refractivity contribution in [1.29, 1.82) is 0 Å². The summed E-state index contributed by atoms with van der Waals surface area (Å²) in [7, 11) is 0. The maximum Gasteiger partial charge on any atom is 0.251 e. The standard InChI is InChI=1S/C17H23N3O3/c1-11(2)14(21)15(22)20-9-7-17(8-10-20)16(23)18-12-5-3-4-6-13(12)19-17/h3-6,11,14,19,21H,7-10H2,1-2H3,(H,18,23). The van der Waals surface area contributed by atoms with Gasteiger partial charge in [-0.15, -0.1) is 0 Å². The number of carbonyl (C=O) groups is 2. The van der Waals surface area contributed by atoms with E-state index in [0.29, 0.717) is 25.9 Å². The molecule has 1 aromatic rings. The van der Waals surface area contributed by atoms with Crippen molar-refractivity contribution in [3.8, 4) is 0 Å². The number of benzene rings is 1. The summed E-state index contributed by atoms with van der Waals surface area (Å²) in [5.41, 5.74) is 1.03. The van der Waals surface area contributed by atoms with E-state index < -0.39 is 11.6 Å². The molecule has 6 nitrogen and oxygen atoms in total. The van der Waals surface area contributed by atoms with E-state index in [2.05, 4.69) is 10.6 Å². The van der Waals surface area contributed by atoms with Crippen molar-refractivity contribution in [2.24, 2.45) is 5.92 Å². The average molecular weight is 317 g/mol. The fraction of sp³-hybridized carbons (Fsp3) is 0.529. The molecule has 3 N–H and O–H groups in total. The van der Waals surface area contributed by atoms with Crippen LogP contribution >= 0.6 is 0 Å². The Hall–Kier alpha value is -2.08. The first-order valence-electron chi connectivity index (χ1n) is 8.08. The molecule has 1 unspecified atom stereocenters. The number of likely N-dealkylation sites (tertiary alicyclic amines) is 1. The Kier molecular flexibility index (Phi) is 4.02. The zero-order valence-electron chi connectivity index (χ0n) is 13.5. The number of para-hydroxylation sites is 2. The molecule has 1 spiro atoms. The smallest absolute Gasteiger partial charge is 0.251 e. The molecule has 0 bridgehead atoms. The monoisotopic (exact) mass is 317 g/mol. The van der Waals surface area contributed by atoms with E-state index in [1.807, 2.05) is 38.1 Å². The second-order valence-corrected chi connectivity index (χ2v) is 6.72. The highest BCUT2D eigenvalue weighted by atomic mass is 16.3. The normalized spacial score (nSPS) is 20.7. The molecule has 0 aliphatic carbocycles. The summed E-state index contributed by atoms with van der Waals surface area (Å²) >= 11 is 0. The summed E-state index contributed by atoms with van der Waals surface area (Å²) in [4.78, 5) is 26.4. The SMILES string of the molecule is CC(C)C(O)C(=O)N1CCC2(CC1)Nc1ccccc1NC2=O. The van der Waals surface area contributed by atoms with Gasteiger partial charge in [-0.05, 0) is 30.9 Å². The number of nitrogens with zero attached hydrogens (tertiary/aromatic N) is 1. The minimum absolute atomic E-state index is 0.0484. The first kappa shape index (κ1) is 15.8. The Labute approximate surface area is 135 Å². The van der Waals surface area contributed by atoms with Gasteiger partial charge in [-0.25, -0.2) is 0 Å². The number of piperidine rings is 1. The molecule has 3 rings (SSSR count). The van der Waals surface area contributed by atoms with Gasteiger partial charge in [-0.1, -0.05) is 26.0 Å². The molecule has 2 amide bonds. The van der Waals surface area contributed by atoms with E-state index in [-0.39, 0.29) is 17.7 Å². The van der Waals surface area contributed by atoms with E-state index in [4.69, 9.17) is 0 Å². The van der Waals surface area contributed by atoms with Gasteiger partial charge in [0.1, 0.15) is 11.6 Å². The van der Waals surface area contributed by atoms with Crippen molar-refractivity contribution < 1.29 is 14.7 Å². The van der Waals surface area contributed by atoms with Crippen LogP contribution in [0.5, 0.6) is 0 Å². The largest absolute Gasteiger partial charge is 0.383 e. The highest BCUT2D eigenvalue weighted by Gasteiger charge is 2.45. The zero-order valence-corrected chi connectivity index (χ0v) is 13.5. The van der Waals surface area contributed by atoms with Crippen LogP contribution in [0.15, 0.2) is 24.3 Å². The van der Waals surface area contributed by atoms with Crippen LogP contribution in [0.1, 0.15) is 26.7 Å². The van der Waals surface area contributed by atoms with Crippen LogP contribution in [0, 0.1) is 5.92 Å². The van der Waals surface area contributed by atoms with Gasteiger partial charge in [0.2, 0.25) is 5.91 Å². The number of rotatable bonds is 2. The lowest BCUT2D eigenvalue weighted by atomic mass is 9.84. The minimum Gasteiger partial charge on any atom is -0.383 e. The summed E-state index contributed by atoms with van der Waals surface area (Å²) in [6.45, 7) is 4.57. The Bertz CT molecular complexity index is 621. The van der Waals surface area contributed by atoms with E-state index >= 15 is 0 Å². The molecule has 2 heterocycles. The maximum absolute atomic E-state index is 12.5. The van der Waals surface area contributed by atoms with Crippen molar-refractivity contribution in [3.63, 3.8) is 0 Å². The van der Waals surface area contributed by atoms with E-state index in [1.54, 1.807) is 4.90 Å². The summed E-state index contributed by atoms with van der Waals surface area (Å²) in [5.74, 6) is -0.402. The number of aliphatic hydroxyl groups is 1. The lowest BCUT2D eigenvalue weighted by Gasteiger charge is -2.44. The van der Waals surface area contributed by atoms with Crippen LogP contribution in [0.25, 0.3) is 0 Å². The third kappa shape index (κ3) is 2.79. The molecule has 2 aliphatic heterocycles. The third-order valence-electron chi connectivity index (χ3n) is 4.80. The van der Waals surface area contributed by atoms with E-state index in [1.165, 1.54) is 0 Å². The lowest BCUT2D eigenvalue weighted by molar-refractivity contribution is -0.144. The summed E-state index contributed by atoms with van der Waals surface area (Å²) in [6, 6.07) is 7.61. The molecule has 6 heteroatoms. The van der Waals surface area contributed by atoms with Gasteiger partial charge >= 0.3 is 0 Å². The molecule has 1 fully saturated rings. The van der Waals surface area contributed by atoms with Crippen LogP contribution in [0.4, 0.5) is 11.4 Å². The number of anilines is 2. The molecule has 0 aromatic heterocycles. The Morgan fingerprint density at radius 2 is 1.83 bits per heavy atom. The first-order chi connectivity index (χ1) is 10.9. The summed E-state index contributed by atoms with van der Waals surface area (Å²) in [6.07, 6.45) is 0.0888. The fourth-order valence-corrected chi connectivity index (χ4v) is 3.19. The number of carbonyl (C=O) groups excluding carboxylic acids is 2. The summed E-state index contributed by atoms with van der Waals surface area (Å²) < 4.78 is 0. The molecule has 124 valence electrons. The first-order valence-corrected chi connectivity index (χ1v) is 8.08. The lowest BCUT2D eigenvalue weighted by Crippen LogP contribution is -2.60. The summed E-state index contributed by atoms with van der Waals surface area (Å²) in [5, 5.41) is 16.3. The number of amides is 2. The minimum atomic E-state index is -0.974. The second-order valence-electron chi connectivity index (χ2n) is 6.72. The maximum atomic E-state index is 12.5. The molecule has 0 saturated carbocycles. The van der Waals surface area contributed by atoms with Gasteiger partial charge in [0.05, 0.1) is 11.4 Å². The van der Waals surface area contributed by atoms with Crippen LogP contribution < -0.4 is 10.6 Å². The van der Waals surface area contributed by atoms with Crippen molar-refractivity contribution >= 4 is 23.2 Å². The molecule has 0 radical (unpaired) electrons. The van der Waals surface area contributed by atoms with Crippen molar-refractivity contribution in [2.75, 3.05) is 23.7 Å². The van der Waals surface area contributed by atoms with Gasteiger partial charge in [0.15, 0.2) is 0 Å². The van der Waals surface area contributed by atoms with Crippen LogP contribution in [-0.2, 0) is 9.59 Å². The predicted molar refractivity (Wildman–Crippen MR) is 88.1 cm³/mol. The molecule has 1 saturated heterocycles.